The third-order valence-corrected chi connectivity index (χ3v) is 5.03. The van der Waals surface area contributed by atoms with Gasteiger partial charge in [-0.05, 0) is 44.9 Å². The summed E-state index contributed by atoms with van der Waals surface area (Å²) in [5.41, 5.74) is 3.83. The van der Waals surface area contributed by atoms with Gasteiger partial charge in [-0.2, -0.15) is 5.10 Å². The van der Waals surface area contributed by atoms with Crippen LogP contribution in [0.1, 0.15) is 41.4 Å². The zero-order chi connectivity index (χ0) is 16.8. The van der Waals surface area contributed by atoms with Crippen molar-refractivity contribution >= 4 is 5.91 Å². The highest BCUT2D eigenvalue weighted by Crippen LogP contribution is 2.37. The molecule has 1 aromatic carbocycles. The van der Waals surface area contributed by atoms with Crippen LogP contribution in [0.3, 0.4) is 0 Å². The van der Waals surface area contributed by atoms with E-state index in [1.807, 2.05) is 18.7 Å². The van der Waals surface area contributed by atoms with Gasteiger partial charge in [0, 0.05) is 29.8 Å². The van der Waals surface area contributed by atoms with Gasteiger partial charge in [0.25, 0.3) is 5.91 Å². The van der Waals surface area contributed by atoms with E-state index in [4.69, 9.17) is 4.74 Å². The lowest BCUT2D eigenvalue weighted by Gasteiger charge is -2.27. The number of fused-ring (bicyclic) bond motifs is 1. The molecule has 2 atom stereocenters. The van der Waals surface area contributed by atoms with Crippen LogP contribution in [-0.4, -0.2) is 33.7 Å². The van der Waals surface area contributed by atoms with E-state index in [1.165, 1.54) is 12.1 Å². The van der Waals surface area contributed by atoms with E-state index in [0.29, 0.717) is 12.2 Å². The molecule has 24 heavy (non-hydrogen) atoms. The number of benzene rings is 1. The quantitative estimate of drug-likeness (QED) is 0.922. The minimum atomic E-state index is -0.560. The van der Waals surface area contributed by atoms with Crippen molar-refractivity contribution in [2.45, 2.75) is 45.3 Å². The Balaban J connectivity index is 1.57. The van der Waals surface area contributed by atoms with E-state index in [-0.39, 0.29) is 17.8 Å². The van der Waals surface area contributed by atoms with Gasteiger partial charge in [0.1, 0.15) is 11.6 Å². The van der Waals surface area contributed by atoms with Crippen LogP contribution < -0.4 is 4.74 Å². The second kappa shape index (κ2) is 5.61. The summed E-state index contributed by atoms with van der Waals surface area (Å²) in [5.74, 6) is 0.296. The molecule has 2 unspecified atom stereocenters. The molecule has 4 rings (SSSR count). The van der Waals surface area contributed by atoms with E-state index in [9.17, 15) is 9.18 Å². The summed E-state index contributed by atoms with van der Waals surface area (Å²) in [4.78, 5) is 14.9. The molecule has 1 N–H and O–H groups in total. The summed E-state index contributed by atoms with van der Waals surface area (Å²) in [6.45, 7) is 4.67. The standard InChI is InChI=1S/C18H20FN3O2/c1-10-17(11(2)21-20-10)14-4-3-7-22(14)18(23)16-9-12-8-13(19)5-6-15(12)24-16/h5-6,8,14,16H,3-4,7,9H2,1-2H3,(H,20,21). The second-order valence-electron chi connectivity index (χ2n) is 6.60. The molecule has 1 fully saturated rings. The van der Waals surface area contributed by atoms with Crippen molar-refractivity contribution in [1.29, 1.82) is 0 Å². The van der Waals surface area contributed by atoms with Crippen molar-refractivity contribution in [3.63, 3.8) is 0 Å². The van der Waals surface area contributed by atoms with Crippen LogP contribution >= 0.6 is 0 Å². The van der Waals surface area contributed by atoms with E-state index in [2.05, 4.69) is 10.2 Å². The third-order valence-electron chi connectivity index (χ3n) is 5.03. The van der Waals surface area contributed by atoms with Gasteiger partial charge in [-0.25, -0.2) is 4.39 Å². The molecule has 126 valence electrons. The molecule has 1 amide bonds. The third kappa shape index (κ3) is 2.37. The SMILES string of the molecule is Cc1n[nH]c(C)c1C1CCCN1C(=O)C1Cc2cc(F)ccc2O1. The molecule has 0 spiro atoms. The van der Waals surface area contributed by atoms with Crippen molar-refractivity contribution < 1.29 is 13.9 Å². The molecule has 0 aliphatic carbocycles. The Morgan fingerprint density at radius 3 is 3.00 bits per heavy atom. The summed E-state index contributed by atoms with van der Waals surface area (Å²) in [6.07, 6.45) is 1.77. The average molecular weight is 329 g/mol. The van der Waals surface area contributed by atoms with Crippen LogP contribution in [0.15, 0.2) is 18.2 Å². The normalized spacial score (nSPS) is 22.5. The predicted octanol–water partition coefficient (Wildman–Crippen LogP) is 2.83. The Hall–Kier alpha value is -2.37. The van der Waals surface area contributed by atoms with Crippen molar-refractivity contribution in [3.05, 3.63) is 46.5 Å². The molecule has 2 aliphatic rings. The lowest BCUT2D eigenvalue weighted by atomic mass is 10.0. The molecular formula is C18H20FN3O2. The summed E-state index contributed by atoms with van der Waals surface area (Å²) in [7, 11) is 0. The predicted molar refractivity (Wildman–Crippen MR) is 86.3 cm³/mol. The molecule has 1 aromatic heterocycles. The second-order valence-corrected chi connectivity index (χ2v) is 6.60. The summed E-state index contributed by atoms with van der Waals surface area (Å²) in [5, 5.41) is 7.26. The lowest BCUT2D eigenvalue weighted by Crippen LogP contribution is -2.41. The Morgan fingerprint density at radius 1 is 1.42 bits per heavy atom. The first-order valence-corrected chi connectivity index (χ1v) is 8.31. The molecule has 3 heterocycles. The molecule has 5 nitrogen and oxygen atoms in total. The van der Waals surface area contributed by atoms with Gasteiger partial charge in [0.2, 0.25) is 0 Å². The first-order chi connectivity index (χ1) is 11.5. The maximum absolute atomic E-state index is 13.4. The number of carbonyl (C=O) groups excluding carboxylic acids is 1. The van der Waals surface area contributed by atoms with Crippen LogP contribution in [0.5, 0.6) is 5.75 Å². The lowest BCUT2D eigenvalue weighted by molar-refractivity contribution is -0.138. The highest BCUT2D eigenvalue weighted by Gasteiger charge is 2.39. The first-order valence-electron chi connectivity index (χ1n) is 8.31. The number of nitrogens with zero attached hydrogens (tertiary/aromatic N) is 2. The number of hydrogen-bond acceptors (Lipinski definition) is 3. The molecule has 1 saturated heterocycles. The number of nitrogens with one attached hydrogen (secondary N) is 1. The van der Waals surface area contributed by atoms with Crippen molar-refractivity contribution in [1.82, 2.24) is 15.1 Å². The van der Waals surface area contributed by atoms with E-state index in [0.717, 1.165) is 41.9 Å². The maximum Gasteiger partial charge on any atom is 0.264 e. The number of aromatic amines is 1. The number of H-pyrrole nitrogens is 1. The van der Waals surface area contributed by atoms with Crippen LogP contribution in [0, 0.1) is 19.7 Å². The van der Waals surface area contributed by atoms with Crippen LogP contribution in [-0.2, 0) is 11.2 Å². The van der Waals surface area contributed by atoms with Crippen molar-refractivity contribution in [2.75, 3.05) is 6.54 Å². The van der Waals surface area contributed by atoms with Gasteiger partial charge in [-0.3, -0.25) is 9.89 Å². The van der Waals surface area contributed by atoms with Gasteiger partial charge in [0.05, 0.1) is 11.7 Å². The zero-order valence-corrected chi connectivity index (χ0v) is 13.8. The van der Waals surface area contributed by atoms with Gasteiger partial charge in [-0.15, -0.1) is 0 Å². The minimum absolute atomic E-state index is 0.0193. The summed E-state index contributed by atoms with van der Waals surface area (Å²) >= 11 is 0. The highest BCUT2D eigenvalue weighted by atomic mass is 19.1. The summed E-state index contributed by atoms with van der Waals surface area (Å²) < 4.78 is 19.1. The number of ether oxygens (including phenoxy) is 1. The van der Waals surface area contributed by atoms with E-state index >= 15 is 0 Å². The molecule has 0 saturated carbocycles. The van der Waals surface area contributed by atoms with E-state index < -0.39 is 6.10 Å². The fourth-order valence-corrected chi connectivity index (χ4v) is 3.92. The summed E-state index contributed by atoms with van der Waals surface area (Å²) in [6, 6.07) is 4.46. The molecular weight excluding hydrogens is 309 g/mol. The smallest absolute Gasteiger partial charge is 0.264 e. The minimum Gasteiger partial charge on any atom is -0.480 e. The number of rotatable bonds is 2. The van der Waals surface area contributed by atoms with Crippen LogP contribution in [0.2, 0.25) is 0 Å². The Morgan fingerprint density at radius 2 is 2.25 bits per heavy atom. The number of amides is 1. The number of hydrogen-bond donors (Lipinski definition) is 1. The Bertz CT molecular complexity index is 782. The maximum atomic E-state index is 13.4. The van der Waals surface area contributed by atoms with Gasteiger partial charge in [-0.1, -0.05) is 0 Å². The van der Waals surface area contributed by atoms with Crippen molar-refractivity contribution in [2.24, 2.45) is 0 Å². The van der Waals surface area contributed by atoms with Gasteiger partial charge < -0.3 is 9.64 Å². The Labute approximate surface area is 139 Å². The van der Waals surface area contributed by atoms with Crippen molar-refractivity contribution in [3.8, 4) is 5.75 Å². The average Bonchev–Trinajstić information content (AvgIpc) is 3.25. The largest absolute Gasteiger partial charge is 0.480 e. The Kier molecular flexibility index (Phi) is 3.55. The zero-order valence-electron chi connectivity index (χ0n) is 13.8. The first kappa shape index (κ1) is 15.2. The monoisotopic (exact) mass is 329 g/mol. The number of likely N-dealkylation sites (tertiary alicyclic amines) is 1. The number of halogens is 1. The number of aromatic nitrogens is 2. The van der Waals surface area contributed by atoms with E-state index in [1.54, 1.807) is 6.07 Å². The van der Waals surface area contributed by atoms with Gasteiger partial charge in [0.15, 0.2) is 6.10 Å². The topological polar surface area (TPSA) is 58.2 Å². The molecule has 2 aromatic rings. The molecule has 0 radical (unpaired) electrons. The highest BCUT2D eigenvalue weighted by molar-refractivity contribution is 5.83. The fraction of sp³-hybridized carbons (Fsp3) is 0.444. The number of carbonyl (C=O) groups is 1. The molecule has 0 bridgehead atoms. The van der Waals surface area contributed by atoms with Crippen LogP contribution in [0.4, 0.5) is 4.39 Å². The molecule has 2 aliphatic heterocycles. The molecule has 6 heteroatoms. The number of aryl methyl sites for hydroxylation is 2. The van der Waals surface area contributed by atoms with Crippen LogP contribution in [0.25, 0.3) is 0 Å². The van der Waals surface area contributed by atoms with Gasteiger partial charge >= 0.3 is 0 Å². The fourth-order valence-electron chi connectivity index (χ4n) is 3.92.